The lowest BCUT2D eigenvalue weighted by molar-refractivity contribution is -0.0459. The van der Waals surface area contributed by atoms with Gasteiger partial charge in [-0.2, -0.15) is 26.3 Å². The summed E-state index contributed by atoms with van der Waals surface area (Å²) >= 11 is 0. The quantitative estimate of drug-likeness (QED) is 0.348. The summed E-state index contributed by atoms with van der Waals surface area (Å²) in [4.78, 5) is 11.5. The van der Waals surface area contributed by atoms with E-state index in [2.05, 4.69) is 4.74 Å². The highest BCUT2D eigenvalue weighted by molar-refractivity contribution is 8.13. The molecular formula is C12H15F6O7S2-. The maximum absolute atomic E-state index is 12.6. The Bertz CT molecular complexity index is 691. The molecule has 0 spiro atoms. The fraction of sp³-hybridized carbons (Fsp3) is 0.833. The number of ether oxygens (including phenoxy) is 2. The monoisotopic (exact) mass is 449 g/mol. The van der Waals surface area contributed by atoms with Gasteiger partial charge in [-0.05, 0) is 32.6 Å². The van der Waals surface area contributed by atoms with Crippen LogP contribution in [0.5, 0.6) is 0 Å². The molecule has 0 aromatic rings. The van der Waals surface area contributed by atoms with Crippen molar-refractivity contribution in [2.24, 2.45) is 0 Å². The first-order valence-electron chi connectivity index (χ1n) is 7.36. The Hall–Kier alpha value is -1.25. The van der Waals surface area contributed by atoms with E-state index in [1.54, 1.807) is 0 Å². The molecule has 1 unspecified atom stereocenters. The zero-order valence-corrected chi connectivity index (χ0v) is 15.3. The molecule has 160 valence electrons. The molecule has 0 aliphatic heterocycles. The standard InChI is InChI=1S/C12H15F6O7S2/c1-7(24-10(19)25-8-4-2-3-5-8)6-9(26(20,21)11(13,14)15)27(22,23)12(16,17)18/h7-8H,2-6H2,1H3/q-1. The lowest BCUT2D eigenvalue weighted by Gasteiger charge is -2.33. The highest BCUT2D eigenvalue weighted by Crippen LogP contribution is 2.43. The van der Waals surface area contributed by atoms with Gasteiger partial charge in [-0.25, -0.2) is 4.79 Å². The first-order chi connectivity index (χ1) is 12.0. The maximum Gasteiger partial charge on any atom is 0.508 e. The van der Waals surface area contributed by atoms with Gasteiger partial charge in [-0.1, -0.05) is 4.58 Å². The molecule has 0 heterocycles. The second kappa shape index (κ2) is 8.01. The highest BCUT2D eigenvalue weighted by atomic mass is 32.3. The first-order valence-corrected chi connectivity index (χ1v) is 10.3. The van der Waals surface area contributed by atoms with Crippen LogP contribution in [0.25, 0.3) is 0 Å². The van der Waals surface area contributed by atoms with Gasteiger partial charge in [0.15, 0.2) is 0 Å². The van der Waals surface area contributed by atoms with Crippen molar-refractivity contribution in [3.05, 3.63) is 4.58 Å². The minimum atomic E-state index is -6.86. The van der Waals surface area contributed by atoms with Crippen LogP contribution >= 0.6 is 0 Å². The number of halogens is 6. The molecular weight excluding hydrogens is 434 g/mol. The third kappa shape index (κ3) is 5.62. The van der Waals surface area contributed by atoms with Crippen molar-refractivity contribution < 1.29 is 57.4 Å². The predicted molar refractivity (Wildman–Crippen MR) is 77.1 cm³/mol. The second-order valence-corrected chi connectivity index (χ2v) is 9.86. The van der Waals surface area contributed by atoms with Gasteiger partial charge in [0.2, 0.25) is 0 Å². The summed E-state index contributed by atoms with van der Waals surface area (Å²) < 4.78 is 127. The third-order valence-electron chi connectivity index (χ3n) is 3.53. The molecule has 0 aromatic carbocycles. The van der Waals surface area contributed by atoms with Crippen LogP contribution in [-0.4, -0.2) is 46.2 Å². The van der Waals surface area contributed by atoms with E-state index in [0.717, 1.165) is 19.8 Å². The molecule has 0 aromatic heterocycles. The zero-order chi connectivity index (χ0) is 21.3. The summed E-state index contributed by atoms with van der Waals surface area (Å²) in [6, 6.07) is 0. The number of hydrogen-bond donors (Lipinski definition) is 0. The summed E-state index contributed by atoms with van der Waals surface area (Å²) in [5.41, 5.74) is -12.6. The van der Waals surface area contributed by atoms with E-state index in [1.165, 1.54) is 0 Å². The number of carbonyl (C=O) groups is 1. The van der Waals surface area contributed by atoms with Gasteiger partial charge in [-0.15, -0.1) is 6.42 Å². The summed E-state index contributed by atoms with van der Waals surface area (Å²) in [5.74, 6) is 0. The van der Waals surface area contributed by atoms with Crippen molar-refractivity contribution in [3.8, 4) is 0 Å². The second-order valence-electron chi connectivity index (χ2n) is 5.68. The normalized spacial score (nSPS) is 18.5. The maximum atomic E-state index is 12.6. The molecule has 15 heteroatoms. The van der Waals surface area contributed by atoms with Crippen molar-refractivity contribution in [3.63, 3.8) is 0 Å². The van der Waals surface area contributed by atoms with Gasteiger partial charge >= 0.3 is 17.2 Å². The van der Waals surface area contributed by atoms with Crippen LogP contribution in [0.1, 0.15) is 39.0 Å². The van der Waals surface area contributed by atoms with Crippen LogP contribution in [0.15, 0.2) is 0 Å². The van der Waals surface area contributed by atoms with Gasteiger partial charge in [0, 0.05) is 0 Å². The molecule has 0 radical (unpaired) electrons. The number of alkyl halides is 6. The molecule has 1 aliphatic rings. The molecule has 1 rings (SSSR count). The van der Waals surface area contributed by atoms with Crippen LogP contribution in [-0.2, 0) is 29.1 Å². The molecule has 0 N–H and O–H groups in total. The van der Waals surface area contributed by atoms with Crippen LogP contribution in [0.2, 0.25) is 0 Å². The fourth-order valence-electron chi connectivity index (χ4n) is 2.23. The predicted octanol–water partition coefficient (Wildman–Crippen LogP) is 3.22. The van der Waals surface area contributed by atoms with E-state index in [-0.39, 0.29) is 0 Å². The number of rotatable bonds is 6. The molecule has 0 amide bonds. The molecule has 1 atom stereocenters. The Balaban J connectivity index is 3.02. The number of sulfone groups is 2. The van der Waals surface area contributed by atoms with Gasteiger partial charge in [0.1, 0.15) is 25.8 Å². The van der Waals surface area contributed by atoms with E-state index in [0.29, 0.717) is 12.8 Å². The van der Waals surface area contributed by atoms with Gasteiger partial charge < -0.3 is 9.47 Å². The number of hydrogen-bond acceptors (Lipinski definition) is 7. The summed E-state index contributed by atoms with van der Waals surface area (Å²) in [6.45, 7) is 0.730. The SMILES string of the molecule is CC(C[C-](S(=O)(=O)C(F)(F)F)S(=O)(=O)C(F)(F)F)OC(=O)OC1CCCC1. The van der Waals surface area contributed by atoms with Crippen molar-refractivity contribution in [1.29, 1.82) is 0 Å². The summed E-state index contributed by atoms with van der Waals surface area (Å²) in [7, 11) is -13.7. The molecule has 0 bridgehead atoms. The molecule has 1 aliphatic carbocycles. The Morgan fingerprint density at radius 1 is 1.00 bits per heavy atom. The van der Waals surface area contributed by atoms with E-state index in [9.17, 15) is 48.0 Å². The van der Waals surface area contributed by atoms with E-state index in [4.69, 9.17) is 4.74 Å². The Morgan fingerprint density at radius 2 is 1.41 bits per heavy atom. The van der Waals surface area contributed by atoms with Gasteiger partial charge in [0.05, 0.1) is 6.10 Å². The lowest BCUT2D eigenvalue weighted by atomic mass is 10.3. The molecule has 27 heavy (non-hydrogen) atoms. The van der Waals surface area contributed by atoms with Crippen molar-refractivity contribution in [1.82, 2.24) is 0 Å². The van der Waals surface area contributed by atoms with E-state index >= 15 is 0 Å². The molecule has 1 fully saturated rings. The molecule has 7 nitrogen and oxygen atoms in total. The van der Waals surface area contributed by atoms with Crippen LogP contribution in [0.4, 0.5) is 31.1 Å². The van der Waals surface area contributed by atoms with Crippen molar-refractivity contribution >= 4 is 25.8 Å². The molecule has 1 saturated carbocycles. The molecule has 0 saturated heterocycles. The van der Waals surface area contributed by atoms with Crippen LogP contribution < -0.4 is 0 Å². The third-order valence-corrected chi connectivity index (χ3v) is 7.59. The summed E-state index contributed by atoms with van der Waals surface area (Å²) in [6.07, 6.45) is -3.39. The smallest absolute Gasteiger partial charge is 0.434 e. The van der Waals surface area contributed by atoms with E-state index < -0.39 is 60.1 Å². The first kappa shape index (κ1) is 23.8. The average Bonchev–Trinajstić information content (AvgIpc) is 2.94. The van der Waals surface area contributed by atoms with Gasteiger partial charge in [-0.3, -0.25) is 16.8 Å². The van der Waals surface area contributed by atoms with Gasteiger partial charge in [0.25, 0.3) is 0 Å². The Kier molecular flexibility index (Phi) is 7.06. The highest BCUT2D eigenvalue weighted by Gasteiger charge is 2.54. The van der Waals surface area contributed by atoms with Crippen molar-refractivity contribution in [2.75, 3.05) is 0 Å². The van der Waals surface area contributed by atoms with Crippen LogP contribution in [0, 0.1) is 4.58 Å². The lowest BCUT2D eigenvalue weighted by Crippen LogP contribution is -2.41. The fourth-order valence-corrected chi connectivity index (χ4v) is 5.38. The minimum absolute atomic E-state index is 0.478. The van der Waals surface area contributed by atoms with E-state index in [1.807, 2.05) is 0 Å². The topological polar surface area (TPSA) is 104 Å². The zero-order valence-electron chi connectivity index (χ0n) is 13.6. The Morgan fingerprint density at radius 3 is 1.78 bits per heavy atom. The number of carbonyl (C=O) groups excluding carboxylic acids is 1. The van der Waals surface area contributed by atoms with Crippen molar-refractivity contribution in [2.45, 2.75) is 62.3 Å². The Labute approximate surface area is 150 Å². The van der Waals surface area contributed by atoms with Crippen LogP contribution in [0.3, 0.4) is 0 Å². The summed E-state index contributed by atoms with van der Waals surface area (Å²) in [5, 5.41) is 0. The average molecular weight is 449 g/mol. The largest absolute Gasteiger partial charge is 0.508 e. The minimum Gasteiger partial charge on any atom is -0.434 e.